The van der Waals surface area contributed by atoms with Crippen LogP contribution in [0.25, 0.3) is 0 Å². The average molecular weight is 202 g/mol. The quantitative estimate of drug-likeness (QED) is 0.517. The smallest absolute Gasteiger partial charge is 0.374 e. The summed E-state index contributed by atoms with van der Waals surface area (Å²) < 4.78 is 13.0. The topological polar surface area (TPSA) is 98.0 Å². The van der Waals surface area contributed by atoms with Crippen molar-refractivity contribution in [1.82, 2.24) is 0 Å². The van der Waals surface area contributed by atoms with E-state index in [2.05, 4.69) is 0 Å². The van der Waals surface area contributed by atoms with Gasteiger partial charge >= 0.3 is 11.8 Å². The van der Waals surface area contributed by atoms with Gasteiger partial charge < -0.3 is 20.4 Å². The molecule has 5 nitrogen and oxygen atoms in total. The van der Waals surface area contributed by atoms with E-state index >= 15 is 0 Å². The van der Waals surface area contributed by atoms with E-state index in [-0.39, 0.29) is 0 Å². The first-order valence-corrected chi connectivity index (χ1v) is 3.53. The first kappa shape index (κ1) is 10.3. The van der Waals surface area contributed by atoms with Gasteiger partial charge in [-0.05, 0) is 18.2 Å². The molecule has 6 heteroatoms. The number of hydrogen-bond donors (Lipinski definition) is 4. The molecule has 1 rings (SSSR count). The third-order valence-electron chi connectivity index (χ3n) is 1.64. The highest BCUT2D eigenvalue weighted by atomic mass is 19.2. The predicted molar refractivity (Wildman–Crippen MR) is 42.4 cm³/mol. The van der Waals surface area contributed by atoms with Crippen molar-refractivity contribution in [1.29, 1.82) is 0 Å². The van der Waals surface area contributed by atoms with Crippen LogP contribution in [-0.4, -0.2) is 26.4 Å². The van der Waals surface area contributed by atoms with E-state index in [9.17, 15) is 9.18 Å². The molecular weight excluding hydrogens is 195 g/mol. The van der Waals surface area contributed by atoms with Crippen LogP contribution in [0.5, 0.6) is 11.5 Å². The van der Waals surface area contributed by atoms with Crippen molar-refractivity contribution in [2.24, 2.45) is 0 Å². The van der Waals surface area contributed by atoms with Gasteiger partial charge in [0.05, 0.1) is 0 Å². The number of phenolic OH excluding ortho intramolecular Hbond substituents is 2. The third kappa shape index (κ3) is 1.60. The van der Waals surface area contributed by atoms with Crippen molar-refractivity contribution in [3.63, 3.8) is 0 Å². The Morgan fingerprint density at radius 1 is 1.29 bits per heavy atom. The SMILES string of the molecule is O=C(O)C(O)(F)c1ccc(O)c(O)c1. The van der Waals surface area contributed by atoms with E-state index in [1.165, 1.54) is 0 Å². The summed E-state index contributed by atoms with van der Waals surface area (Å²) in [5, 5.41) is 34.9. The molecule has 0 aromatic heterocycles. The number of aromatic hydroxyl groups is 2. The fraction of sp³-hybridized carbons (Fsp3) is 0.125. The highest BCUT2D eigenvalue weighted by Gasteiger charge is 2.38. The van der Waals surface area contributed by atoms with Gasteiger partial charge in [0.1, 0.15) is 0 Å². The Bertz CT molecular complexity index is 374. The van der Waals surface area contributed by atoms with E-state index in [4.69, 9.17) is 20.4 Å². The Kier molecular flexibility index (Phi) is 2.31. The summed E-state index contributed by atoms with van der Waals surface area (Å²) in [6, 6.07) is 2.35. The van der Waals surface area contributed by atoms with Crippen LogP contribution in [0.1, 0.15) is 5.56 Å². The number of aliphatic hydroxyl groups is 1. The lowest BCUT2D eigenvalue weighted by molar-refractivity contribution is -0.182. The second-order valence-corrected chi connectivity index (χ2v) is 2.63. The normalized spacial score (nSPS) is 14.7. The second-order valence-electron chi connectivity index (χ2n) is 2.63. The molecule has 1 aromatic carbocycles. The molecule has 0 aliphatic heterocycles. The molecule has 0 fully saturated rings. The molecule has 76 valence electrons. The minimum Gasteiger partial charge on any atom is -0.504 e. The van der Waals surface area contributed by atoms with Crippen molar-refractivity contribution >= 4 is 5.97 Å². The molecule has 0 radical (unpaired) electrons. The second kappa shape index (κ2) is 3.15. The van der Waals surface area contributed by atoms with E-state index in [0.29, 0.717) is 6.07 Å². The van der Waals surface area contributed by atoms with E-state index in [1.807, 2.05) is 0 Å². The number of alkyl halides is 1. The average Bonchev–Trinajstić information content (AvgIpc) is 2.09. The van der Waals surface area contributed by atoms with Crippen LogP contribution in [0.2, 0.25) is 0 Å². The summed E-state index contributed by atoms with van der Waals surface area (Å²) in [6.07, 6.45) is 0. The summed E-state index contributed by atoms with van der Waals surface area (Å²) >= 11 is 0. The van der Waals surface area contributed by atoms with Crippen LogP contribution >= 0.6 is 0 Å². The van der Waals surface area contributed by atoms with Crippen LogP contribution in [0, 0.1) is 0 Å². The summed E-state index contributed by atoms with van der Waals surface area (Å²) in [6.45, 7) is 0. The van der Waals surface area contributed by atoms with Gasteiger partial charge in [-0.3, -0.25) is 0 Å². The Labute approximate surface area is 77.7 Å². The highest BCUT2D eigenvalue weighted by Crippen LogP contribution is 2.31. The molecule has 0 aliphatic rings. The zero-order chi connectivity index (χ0) is 10.9. The largest absolute Gasteiger partial charge is 0.504 e. The van der Waals surface area contributed by atoms with E-state index in [1.54, 1.807) is 0 Å². The van der Waals surface area contributed by atoms with Gasteiger partial charge in [-0.1, -0.05) is 0 Å². The maximum Gasteiger partial charge on any atom is 0.374 e. The summed E-state index contributed by atoms with van der Waals surface area (Å²) in [5.74, 6) is -6.91. The Morgan fingerprint density at radius 2 is 1.86 bits per heavy atom. The zero-order valence-corrected chi connectivity index (χ0v) is 6.81. The van der Waals surface area contributed by atoms with Crippen molar-refractivity contribution in [3.05, 3.63) is 23.8 Å². The van der Waals surface area contributed by atoms with Crippen LogP contribution in [0.4, 0.5) is 4.39 Å². The maximum absolute atomic E-state index is 13.0. The van der Waals surface area contributed by atoms with Crippen LogP contribution < -0.4 is 0 Å². The fourth-order valence-corrected chi connectivity index (χ4v) is 0.853. The highest BCUT2D eigenvalue weighted by molar-refractivity contribution is 5.77. The van der Waals surface area contributed by atoms with Gasteiger partial charge in [0.15, 0.2) is 11.5 Å². The number of halogens is 1. The standard InChI is InChI=1S/C8H7FO5/c9-8(14,7(12)13)4-1-2-5(10)6(11)3-4/h1-3,10-11,14H,(H,12,13). The number of hydrogen-bond acceptors (Lipinski definition) is 4. The number of benzene rings is 1. The number of carboxylic acid groups (broad SMARTS) is 1. The monoisotopic (exact) mass is 202 g/mol. The zero-order valence-electron chi connectivity index (χ0n) is 6.81. The minimum atomic E-state index is -3.58. The number of phenols is 2. The Balaban J connectivity index is 3.21. The molecule has 0 saturated carbocycles. The van der Waals surface area contributed by atoms with Crippen molar-refractivity contribution in [2.45, 2.75) is 5.85 Å². The van der Waals surface area contributed by atoms with Crippen LogP contribution in [0.15, 0.2) is 18.2 Å². The fourth-order valence-electron chi connectivity index (χ4n) is 0.853. The van der Waals surface area contributed by atoms with Crippen molar-refractivity contribution < 1.29 is 29.6 Å². The first-order chi connectivity index (χ1) is 6.35. The molecule has 1 unspecified atom stereocenters. The van der Waals surface area contributed by atoms with Gasteiger partial charge in [0, 0.05) is 5.56 Å². The Morgan fingerprint density at radius 3 is 2.29 bits per heavy atom. The van der Waals surface area contributed by atoms with Gasteiger partial charge in [0.25, 0.3) is 0 Å². The number of carbonyl (C=O) groups is 1. The lowest BCUT2D eigenvalue weighted by Gasteiger charge is -2.14. The number of rotatable bonds is 2. The third-order valence-corrected chi connectivity index (χ3v) is 1.64. The minimum absolute atomic E-state index is 0.532. The number of carboxylic acids is 1. The summed E-state index contributed by atoms with van der Waals surface area (Å²) in [4.78, 5) is 10.2. The van der Waals surface area contributed by atoms with Gasteiger partial charge in [-0.25, -0.2) is 4.79 Å². The van der Waals surface area contributed by atoms with E-state index < -0.39 is 28.9 Å². The van der Waals surface area contributed by atoms with Crippen LogP contribution in [-0.2, 0) is 10.6 Å². The van der Waals surface area contributed by atoms with Crippen molar-refractivity contribution in [2.75, 3.05) is 0 Å². The summed E-state index contributed by atoms with van der Waals surface area (Å²) in [7, 11) is 0. The van der Waals surface area contributed by atoms with Crippen LogP contribution in [0.3, 0.4) is 0 Å². The molecular formula is C8H7FO5. The molecule has 0 amide bonds. The molecule has 0 heterocycles. The predicted octanol–water partition coefficient (Wildman–Crippen LogP) is 0.297. The Hall–Kier alpha value is -1.82. The van der Waals surface area contributed by atoms with E-state index in [0.717, 1.165) is 12.1 Å². The molecule has 0 saturated heterocycles. The lowest BCUT2D eigenvalue weighted by Crippen LogP contribution is -2.30. The lowest BCUT2D eigenvalue weighted by atomic mass is 10.1. The van der Waals surface area contributed by atoms with Gasteiger partial charge in [-0.2, -0.15) is 4.39 Å². The van der Waals surface area contributed by atoms with Crippen molar-refractivity contribution in [3.8, 4) is 11.5 Å². The maximum atomic E-state index is 13.0. The molecule has 0 bridgehead atoms. The van der Waals surface area contributed by atoms with Gasteiger partial charge in [0.2, 0.25) is 0 Å². The first-order valence-electron chi connectivity index (χ1n) is 3.53. The number of aliphatic carboxylic acids is 1. The summed E-state index contributed by atoms with van der Waals surface area (Å²) in [5.41, 5.74) is -0.666. The molecule has 1 atom stereocenters. The molecule has 0 spiro atoms. The van der Waals surface area contributed by atoms with Gasteiger partial charge in [-0.15, -0.1) is 0 Å². The molecule has 14 heavy (non-hydrogen) atoms. The molecule has 1 aromatic rings. The molecule has 0 aliphatic carbocycles. The molecule has 4 N–H and O–H groups in total.